The standard InChI is InChI=1S/C20H29NO3/c1-7-8-9-21-12(2)17(13(3)22)15-10-14(20(4,5)6)11-16(18(15)21)19(23)24/h10-11,13,22H,7-9H2,1-6H3,(H,23,24). The summed E-state index contributed by atoms with van der Waals surface area (Å²) in [6.45, 7) is 12.8. The number of fused-ring (bicyclic) bond motifs is 1. The predicted octanol–water partition coefficient (Wildman–Crippen LogP) is 4.80. The summed E-state index contributed by atoms with van der Waals surface area (Å²) in [5.74, 6) is -0.918. The van der Waals surface area contributed by atoms with E-state index in [1.54, 1.807) is 13.0 Å². The van der Waals surface area contributed by atoms with Gasteiger partial charge in [0.2, 0.25) is 0 Å². The predicted molar refractivity (Wildman–Crippen MR) is 97.9 cm³/mol. The number of aromatic carboxylic acids is 1. The van der Waals surface area contributed by atoms with Gasteiger partial charge in [0.1, 0.15) is 0 Å². The van der Waals surface area contributed by atoms with Crippen LogP contribution >= 0.6 is 0 Å². The van der Waals surface area contributed by atoms with Gasteiger partial charge in [0.15, 0.2) is 0 Å². The summed E-state index contributed by atoms with van der Waals surface area (Å²) in [7, 11) is 0. The van der Waals surface area contributed by atoms with Gasteiger partial charge in [-0.15, -0.1) is 0 Å². The third-order valence-corrected chi connectivity index (χ3v) is 4.71. The van der Waals surface area contributed by atoms with E-state index in [1.807, 2.05) is 6.92 Å². The number of aliphatic hydroxyl groups is 1. The van der Waals surface area contributed by atoms with E-state index in [0.717, 1.165) is 47.1 Å². The Kier molecular flexibility index (Phi) is 5.09. The van der Waals surface area contributed by atoms with Gasteiger partial charge >= 0.3 is 5.97 Å². The Labute approximate surface area is 144 Å². The average Bonchev–Trinajstić information content (AvgIpc) is 2.74. The summed E-state index contributed by atoms with van der Waals surface area (Å²) in [5, 5.41) is 21.0. The number of hydrogen-bond acceptors (Lipinski definition) is 2. The second kappa shape index (κ2) is 6.60. The van der Waals surface area contributed by atoms with Crippen LogP contribution in [0.4, 0.5) is 0 Å². The molecule has 0 aliphatic heterocycles. The Bertz CT molecular complexity index is 764. The van der Waals surface area contributed by atoms with Crippen LogP contribution in [0.25, 0.3) is 10.9 Å². The third-order valence-electron chi connectivity index (χ3n) is 4.71. The maximum Gasteiger partial charge on any atom is 0.337 e. The molecule has 0 radical (unpaired) electrons. The lowest BCUT2D eigenvalue weighted by molar-refractivity contribution is 0.0698. The Morgan fingerprint density at radius 3 is 2.38 bits per heavy atom. The van der Waals surface area contributed by atoms with Crippen molar-refractivity contribution in [2.75, 3.05) is 0 Å². The summed E-state index contributed by atoms with van der Waals surface area (Å²) < 4.78 is 2.07. The van der Waals surface area contributed by atoms with Crippen LogP contribution in [0, 0.1) is 6.92 Å². The monoisotopic (exact) mass is 331 g/mol. The summed E-state index contributed by atoms with van der Waals surface area (Å²) >= 11 is 0. The minimum absolute atomic E-state index is 0.159. The summed E-state index contributed by atoms with van der Waals surface area (Å²) in [6, 6.07) is 3.84. The number of carbonyl (C=O) groups is 1. The van der Waals surface area contributed by atoms with Crippen molar-refractivity contribution in [1.29, 1.82) is 0 Å². The van der Waals surface area contributed by atoms with Gasteiger partial charge in [-0.1, -0.05) is 34.1 Å². The van der Waals surface area contributed by atoms with Gasteiger partial charge in [-0.2, -0.15) is 0 Å². The van der Waals surface area contributed by atoms with Gasteiger partial charge in [0, 0.05) is 23.2 Å². The fourth-order valence-electron chi connectivity index (χ4n) is 3.36. The molecule has 132 valence electrons. The average molecular weight is 331 g/mol. The van der Waals surface area contributed by atoms with Crippen LogP contribution in [0.3, 0.4) is 0 Å². The lowest BCUT2D eigenvalue weighted by Crippen LogP contribution is -2.13. The largest absolute Gasteiger partial charge is 0.478 e. The highest BCUT2D eigenvalue weighted by atomic mass is 16.4. The Balaban J connectivity index is 2.93. The molecule has 1 aromatic carbocycles. The third kappa shape index (κ3) is 3.20. The topological polar surface area (TPSA) is 62.5 Å². The van der Waals surface area contributed by atoms with E-state index in [0.29, 0.717) is 5.56 Å². The van der Waals surface area contributed by atoms with Crippen LogP contribution in [-0.4, -0.2) is 20.7 Å². The minimum atomic E-state index is -0.918. The molecule has 1 heterocycles. The van der Waals surface area contributed by atoms with Crippen molar-refractivity contribution >= 4 is 16.9 Å². The number of nitrogens with zero attached hydrogens (tertiary/aromatic N) is 1. The van der Waals surface area contributed by atoms with Crippen molar-refractivity contribution in [3.05, 3.63) is 34.5 Å². The fourth-order valence-corrected chi connectivity index (χ4v) is 3.36. The van der Waals surface area contributed by atoms with E-state index in [4.69, 9.17) is 0 Å². The number of carboxylic acid groups (broad SMARTS) is 1. The fraction of sp³-hybridized carbons (Fsp3) is 0.550. The molecule has 0 fully saturated rings. The van der Waals surface area contributed by atoms with Crippen molar-refractivity contribution in [1.82, 2.24) is 4.57 Å². The minimum Gasteiger partial charge on any atom is -0.478 e. The highest BCUT2D eigenvalue weighted by Crippen LogP contribution is 2.37. The molecule has 0 saturated carbocycles. The SMILES string of the molecule is CCCCn1c(C)c(C(C)O)c2cc(C(C)(C)C)cc(C(=O)O)c21. The molecule has 0 aliphatic rings. The van der Waals surface area contributed by atoms with Crippen molar-refractivity contribution < 1.29 is 15.0 Å². The number of rotatable bonds is 5. The molecule has 0 aliphatic carbocycles. The number of unbranched alkanes of at least 4 members (excludes halogenated alkanes) is 1. The van der Waals surface area contributed by atoms with E-state index in [9.17, 15) is 15.0 Å². The number of aromatic nitrogens is 1. The lowest BCUT2D eigenvalue weighted by Gasteiger charge is -2.20. The Morgan fingerprint density at radius 2 is 1.92 bits per heavy atom. The summed E-state index contributed by atoms with van der Waals surface area (Å²) in [6.07, 6.45) is 1.38. The molecule has 1 atom stereocenters. The maximum absolute atomic E-state index is 11.9. The van der Waals surface area contributed by atoms with Gasteiger partial charge in [0.05, 0.1) is 17.2 Å². The van der Waals surface area contributed by atoms with E-state index in [2.05, 4.69) is 38.3 Å². The van der Waals surface area contributed by atoms with E-state index >= 15 is 0 Å². The zero-order valence-electron chi connectivity index (χ0n) is 15.6. The molecular formula is C20H29NO3. The van der Waals surface area contributed by atoms with Crippen LogP contribution in [0.5, 0.6) is 0 Å². The molecule has 24 heavy (non-hydrogen) atoms. The molecule has 2 aromatic rings. The van der Waals surface area contributed by atoms with Crippen molar-refractivity contribution in [3.8, 4) is 0 Å². The molecule has 1 unspecified atom stereocenters. The second-order valence-electron chi connectivity index (χ2n) is 7.66. The molecule has 1 aromatic heterocycles. The molecule has 0 amide bonds. The van der Waals surface area contributed by atoms with Crippen LogP contribution in [0.1, 0.15) is 80.7 Å². The first-order valence-electron chi connectivity index (χ1n) is 8.68. The zero-order valence-corrected chi connectivity index (χ0v) is 15.6. The molecule has 2 N–H and O–H groups in total. The lowest BCUT2D eigenvalue weighted by atomic mass is 9.84. The van der Waals surface area contributed by atoms with Crippen molar-refractivity contribution in [2.24, 2.45) is 0 Å². The van der Waals surface area contributed by atoms with Gasteiger partial charge < -0.3 is 14.8 Å². The van der Waals surface area contributed by atoms with Gasteiger partial charge in [-0.25, -0.2) is 4.79 Å². The van der Waals surface area contributed by atoms with Crippen LogP contribution in [-0.2, 0) is 12.0 Å². The first kappa shape index (κ1) is 18.5. The number of benzene rings is 1. The van der Waals surface area contributed by atoms with Crippen LogP contribution in [0.2, 0.25) is 0 Å². The molecule has 0 spiro atoms. The highest BCUT2D eigenvalue weighted by Gasteiger charge is 2.25. The molecule has 0 bridgehead atoms. The molecule has 0 saturated heterocycles. The molecule has 4 heteroatoms. The zero-order chi connectivity index (χ0) is 18.2. The molecule has 4 nitrogen and oxygen atoms in total. The Hall–Kier alpha value is -1.81. The van der Waals surface area contributed by atoms with E-state index in [-0.39, 0.29) is 5.41 Å². The molecular weight excluding hydrogens is 302 g/mol. The van der Waals surface area contributed by atoms with Gasteiger partial charge in [-0.05, 0) is 43.4 Å². The summed E-state index contributed by atoms with van der Waals surface area (Å²) in [4.78, 5) is 11.9. The van der Waals surface area contributed by atoms with Gasteiger partial charge in [0.25, 0.3) is 0 Å². The highest BCUT2D eigenvalue weighted by molar-refractivity contribution is 6.04. The maximum atomic E-state index is 11.9. The number of hydrogen-bond donors (Lipinski definition) is 2. The van der Waals surface area contributed by atoms with Crippen molar-refractivity contribution in [3.63, 3.8) is 0 Å². The first-order valence-corrected chi connectivity index (χ1v) is 8.68. The second-order valence-corrected chi connectivity index (χ2v) is 7.66. The van der Waals surface area contributed by atoms with Crippen molar-refractivity contribution in [2.45, 2.75) is 72.4 Å². The smallest absolute Gasteiger partial charge is 0.337 e. The first-order chi connectivity index (χ1) is 11.1. The van der Waals surface area contributed by atoms with Gasteiger partial charge in [-0.3, -0.25) is 0 Å². The quantitative estimate of drug-likeness (QED) is 0.827. The number of aliphatic hydroxyl groups excluding tert-OH is 1. The van der Waals surface area contributed by atoms with E-state index < -0.39 is 12.1 Å². The normalized spacial score (nSPS) is 13.5. The van der Waals surface area contributed by atoms with Crippen LogP contribution < -0.4 is 0 Å². The summed E-state index contributed by atoms with van der Waals surface area (Å²) in [5.41, 5.74) is 3.67. The number of aryl methyl sites for hydroxylation is 1. The number of carboxylic acids is 1. The van der Waals surface area contributed by atoms with E-state index in [1.165, 1.54) is 0 Å². The van der Waals surface area contributed by atoms with Crippen LogP contribution in [0.15, 0.2) is 12.1 Å². The molecule has 2 rings (SSSR count). The Morgan fingerprint density at radius 1 is 1.29 bits per heavy atom.